The van der Waals surface area contributed by atoms with Crippen LogP contribution in [0.2, 0.25) is 0 Å². The fraction of sp³-hybridized carbons (Fsp3) is 0.444. The van der Waals surface area contributed by atoms with Crippen LogP contribution in [0.3, 0.4) is 0 Å². The van der Waals surface area contributed by atoms with Gasteiger partial charge in [-0.3, -0.25) is 4.79 Å². The molecule has 1 aliphatic carbocycles. The number of nitrogens with zero attached hydrogens (tertiary/aromatic N) is 2. The molecule has 25 heavy (non-hydrogen) atoms. The van der Waals surface area contributed by atoms with E-state index >= 15 is 0 Å². The largest absolute Gasteiger partial charge is 0.493 e. The van der Waals surface area contributed by atoms with Crippen molar-refractivity contribution in [3.63, 3.8) is 0 Å². The van der Waals surface area contributed by atoms with Crippen molar-refractivity contribution < 1.29 is 9.53 Å². The summed E-state index contributed by atoms with van der Waals surface area (Å²) in [5.41, 5.74) is 13.3. The number of nitrogens with one attached hydrogen (secondary N) is 1. The van der Waals surface area contributed by atoms with E-state index in [0.717, 1.165) is 30.9 Å². The smallest absolute Gasteiger partial charge is 0.254 e. The number of carbonyl (C=O) groups excluding carboxylic acids is 1. The van der Waals surface area contributed by atoms with E-state index in [2.05, 4.69) is 10.4 Å². The Kier molecular flexibility index (Phi) is 4.09. The Labute approximate surface area is 146 Å². The maximum absolute atomic E-state index is 12.0. The van der Waals surface area contributed by atoms with E-state index in [9.17, 15) is 4.79 Å². The van der Waals surface area contributed by atoms with Gasteiger partial charge in [-0.15, -0.1) is 0 Å². The van der Waals surface area contributed by atoms with Crippen molar-refractivity contribution >= 4 is 11.7 Å². The highest BCUT2D eigenvalue weighted by Crippen LogP contribution is 2.34. The monoisotopic (exact) mass is 341 g/mol. The van der Waals surface area contributed by atoms with Crippen molar-refractivity contribution in [1.82, 2.24) is 9.78 Å². The number of benzene rings is 1. The van der Waals surface area contributed by atoms with Crippen LogP contribution < -0.4 is 21.5 Å². The minimum atomic E-state index is -0.490. The normalized spacial score (nSPS) is 19.2. The lowest BCUT2D eigenvalue weighted by molar-refractivity contribution is 0.100. The van der Waals surface area contributed by atoms with E-state index in [1.807, 2.05) is 24.3 Å². The molecule has 2 aliphatic rings. The third-order valence-corrected chi connectivity index (χ3v) is 4.86. The average Bonchev–Trinajstić information content (AvgIpc) is 3.37. The van der Waals surface area contributed by atoms with Crippen LogP contribution in [-0.2, 0) is 0 Å². The quantitative estimate of drug-likeness (QED) is 0.742. The highest BCUT2D eigenvalue weighted by atomic mass is 16.5. The first-order chi connectivity index (χ1) is 12.2. The van der Waals surface area contributed by atoms with Gasteiger partial charge in [-0.05, 0) is 49.4 Å². The molecule has 1 saturated carbocycles. The Morgan fingerprint density at radius 2 is 2.04 bits per heavy atom. The number of rotatable bonds is 6. The molecule has 5 N–H and O–H groups in total. The van der Waals surface area contributed by atoms with Crippen LogP contribution in [0.25, 0.3) is 11.3 Å². The third-order valence-electron chi connectivity index (χ3n) is 4.86. The molecule has 1 aliphatic heterocycles. The number of nitrogens with two attached hydrogens (primary N) is 2. The second kappa shape index (κ2) is 6.40. The van der Waals surface area contributed by atoms with Gasteiger partial charge in [0.15, 0.2) is 0 Å². The average molecular weight is 341 g/mol. The van der Waals surface area contributed by atoms with E-state index in [0.29, 0.717) is 29.5 Å². The van der Waals surface area contributed by atoms with E-state index in [4.69, 9.17) is 16.2 Å². The van der Waals surface area contributed by atoms with Crippen LogP contribution in [0, 0.1) is 5.92 Å². The van der Waals surface area contributed by atoms with Gasteiger partial charge in [0.05, 0.1) is 12.6 Å². The molecule has 0 spiro atoms. The molecule has 1 fully saturated rings. The van der Waals surface area contributed by atoms with Gasteiger partial charge in [0.1, 0.15) is 22.8 Å². The van der Waals surface area contributed by atoms with Gasteiger partial charge >= 0.3 is 0 Å². The van der Waals surface area contributed by atoms with Crippen molar-refractivity contribution in [2.75, 3.05) is 25.0 Å². The molecule has 2 heterocycles. The summed E-state index contributed by atoms with van der Waals surface area (Å²) >= 11 is 0. The van der Waals surface area contributed by atoms with Gasteiger partial charge in [0, 0.05) is 18.7 Å². The summed E-state index contributed by atoms with van der Waals surface area (Å²) in [7, 11) is 0. The highest BCUT2D eigenvalue weighted by Gasteiger charge is 2.29. The first-order valence-electron chi connectivity index (χ1n) is 8.77. The highest BCUT2D eigenvalue weighted by molar-refractivity contribution is 6.03. The molecule has 2 aromatic rings. The summed E-state index contributed by atoms with van der Waals surface area (Å²) in [6, 6.07) is 7.73. The minimum absolute atomic E-state index is 0.0734. The molecular weight excluding hydrogens is 318 g/mol. The number of carbonyl (C=O) groups is 1. The first-order valence-corrected chi connectivity index (χ1v) is 8.77. The molecule has 7 heteroatoms. The van der Waals surface area contributed by atoms with Gasteiger partial charge in [-0.1, -0.05) is 0 Å². The standard InChI is InChI=1S/C18H23N5O2/c19-9-13-7-8-21-18-15(17(20)24)16(22-23(13)18)12-3-5-14(6-4-12)25-10-11-1-2-11/h3-6,11,13,21H,1-2,7-10,19H2,(H2,20,24). The van der Waals surface area contributed by atoms with E-state index < -0.39 is 5.91 Å². The van der Waals surface area contributed by atoms with Crippen molar-refractivity contribution in [1.29, 1.82) is 0 Å². The van der Waals surface area contributed by atoms with E-state index in [1.165, 1.54) is 12.8 Å². The third kappa shape index (κ3) is 3.07. The number of ether oxygens (including phenoxy) is 1. The predicted molar refractivity (Wildman–Crippen MR) is 95.6 cm³/mol. The zero-order valence-electron chi connectivity index (χ0n) is 14.1. The number of fused-ring (bicyclic) bond motifs is 1. The maximum atomic E-state index is 12.0. The molecule has 1 aromatic carbocycles. The molecule has 132 valence electrons. The van der Waals surface area contributed by atoms with Crippen LogP contribution in [0.4, 0.5) is 5.82 Å². The summed E-state index contributed by atoms with van der Waals surface area (Å²) in [6.45, 7) is 2.00. The van der Waals surface area contributed by atoms with Crippen LogP contribution >= 0.6 is 0 Å². The van der Waals surface area contributed by atoms with E-state index in [-0.39, 0.29) is 6.04 Å². The van der Waals surface area contributed by atoms with Gasteiger partial charge in [0.25, 0.3) is 5.91 Å². The SMILES string of the molecule is NCC1CCNc2c(C(N)=O)c(-c3ccc(OCC4CC4)cc3)nn21. The van der Waals surface area contributed by atoms with Gasteiger partial charge in [-0.25, -0.2) is 4.68 Å². The Balaban J connectivity index is 1.66. The number of primary amides is 1. The molecule has 1 amide bonds. The summed E-state index contributed by atoms with van der Waals surface area (Å²) < 4.78 is 7.57. The lowest BCUT2D eigenvalue weighted by Crippen LogP contribution is -2.29. The second-order valence-electron chi connectivity index (χ2n) is 6.76. The molecule has 1 unspecified atom stereocenters. The van der Waals surface area contributed by atoms with E-state index in [1.54, 1.807) is 4.68 Å². The lowest BCUT2D eigenvalue weighted by Gasteiger charge is -2.24. The van der Waals surface area contributed by atoms with Crippen molar-refractivity contribution in [2.45, 2.75) is 25.3 Å². The van der Waals surface area contributed by atoms with Crippen LogP contribution in [0.15, 0.2) is 24.3 Å². The predicted octanol–water partition coefficient (Wildman–Crippen LogP) is 1.75. The number of aromatic nitrogens is 2. The lowest BCUT2D eigenvalue weighted by atomic mass is 10.1. The Hall–Kier alpha value is -2.54. The first kappa shape index (κ1) is 16.0. The zero-order valence-corrected chi connectivity index (χ0v) is 14.1. The Morgan fingerprint density at radius 3 is 2.68 bits per heavy atom. The number of hydrogen-bond acceptors (Lipinski definition) is 5. The summed E-state index contributed by atoms with van der Waals surface area (Å²) in [6.07, 6.45) is 3.39. The zero-order chi connectivity index (χ0) is 17.4. The van der Waals surface area contributed by atoms with Crippen molar-refractivity contribution in [3.05, 3.63) is 29.8 Å². The van der Waals surface area contributed by atoms with Gasteiger partial charge < -0.3 is 21.5 Å². The van der Waals surface area contributed by atoms with Crippen LogP contribution in [0.1, 0.15) is 35.7 Å². The topological polar surface area (TPSA) is 108 Å². The molecule has 4 rings (SSSR count). The molecule has 1 atom stereocenters. The molecule has 0 bridgehead atoms. The van der Waals surface area contributed by atoms with Crippen molar-refractivity contribution in [3.8, 4) is 17.0 Å². The molecular formula is C18H23N5O2. The molecule has 1 aromatic heterocycles. The molecule has 7 nitrogen and oxygen atoms in total. The maximum Gasteiger partial charge on any atom is 0.254 e. The Bertz CT molecular complexity index is 780. The fourth-order valence-corrected chi connectivity index (χ4v) is 3.21. The van der Waals surface area contributed by atoms with Gasteiger partial charge in [-0.2, -0.15) is 5.10 Å². The van der Waals surface area contributed by atoms with Crippen LogP contribution in [-0.4, -0.2) is 35.4 Å². The molecule has 0 radical (unpaired) electrons. The summed E-state index contributed by atoms with van der Waals surface area (Å²) in [5, 5.41) is 7.88. The fourth-order valence-electron chi connectivity index (χ4n) is 3.21. The number of hydrogen-bond donors (Lipinski definition) is 3. The second-order valence-corrected chi connectivity index (χ2v) is 6.76. The van der Waals surface area contributed by atoms with Crippen molar-refractivity contribution in [2.24, 2.45) is 17.4 Å². The summed E-state index contributed by atoms with van der Waals surface area (Å²) in [4.78, 5) is 12.0. The Morgan fingerprint density at radius 1 is 1.28 bits per heavy atom. The number of amides is 1. The summed E-state index contributed by atoms with van der Waals surface area (Å²) in [5.74, 6) is 1.72. The molecule has 0 saturated heterocycles. The number of anilines is 1. The van der Waals surface area contributed by atoms with Crippen LogP contribution in [0.5, 0.6) is 5.75 Å². The minimum Gasteiger partial charge on any atom is -0.493 e. The van der Waals surface area contributed by atoms with Gasteiger partial charge in [0.2, 0.25) is 0 Å².